The van der Waals surface area contributed by atoms with Crippen LogP contribution in [0.3, 0.4) is 0 Å². The molecular formula is C27H54AsO13P. The molecule has 250 valence electrons. The third-order valence-electron chi connectivity index (χ3n) is 6.67. The van der Waals surface area contributed by atoms with Crippen LogP contribution in [0.4, 0.5) is 0 Å². The molecule has 1 aliphatic heterocycles. The predicted molar refractivity (Wildman–Crippen MR) is 155 cm³/mol. The maximum atomic E-state index is 12.0. The number of phosphoric ester groups is 1. The van der Waals surface area contributed by atoms with Gasteiger partial charge in [0, 0.05) is 6.42 Å². The molecule has 13 nitrogen and oxygen atoms in total. The Morgan fingerprint density at radius 2 is 1.33 bits per heavy atom. The van der Waals surface area contributed by atoms with Crippen molar-refractivity contribution in [2.45, 2.75) is 137 Å². The van der Waals surface area contributed by atoms with E-state index in [0.29, 0.717) is 6.42 Å². The van der Waals surface area contributed by atoms with E-state index in [9.17, 15) is 38.4 Å². The third kappa shape index (κ3) is 19.2. The Morgan fingerprint density at radius 1 is 0.833 bits per heavy atom. The number of aliphatic hydroxyl groups excluding tert-OH is 4. The number of hydrogen-bond donors (Lipinski definition) is 5. The monoisotopic (exact) mass is 692 g/mol. The molecule has 0 aromatic rings. The van der Waals surface area contributed by atoms with Crippen LogP contribution < -0.4 is 0 Å². The Kier molecular flexibility index (Phi) is 20.3. The van der Waals surface area contributed by atoms with E-state index in [1.807, 2.05) is 0 Å². The quantitative estimate of drug-likeness (QED) is 0.0405. The van der Waals surface area contributed by atoms with Gasteiger partial charge < -0.3 is 9.84 Å². The van der Waals surface area contributed by atoms with Gasteiger partial charge in [0.2, 0.25) is 0 Å². The van der Waals surface area contributed by atoms with Crippen molar-refractivity contribution >= 4 is 27.3 Å². The third-order valence-corrected chi connectivity index (χ3v) is 10.2. The van der Waals surface area contributed by atoms with Crippen molar-refractivity contribution in [3.8, 4) is 0 Å². The summed E-state index contributed by atoms with van der Waals surface area (Å²) in [5.74, 6) is -0.467. The van der Waals surface area contributed by atoms with Crippen molar-refractivity contribution in [3.63, 3.8) is 0 Å². The number of phosphoric acid groups is 1. The number of carbonyl (C=O) groups excluding carboxylic acids is 1. The van der Waals surface area contributed by atoms with Gasteiger partial charge in [-0.25, -0.2) is 0 Å². The zero-order valence-corrected chi connectivity index (χ0v) is 28.2. The van der Waals surface area contributed by atoms with Crippen molar-refractivity contribution in [2.75, 3.05) is 26.4 Å². The van der Waals surface area contributed by atoms with Crippen LogP contribution in [-0.4, -0.2) is 108 Å². The molecule has 1 fully saturated rings. The molecular weight excluding hydrogens is 638 g/mol. The minimum atomic E-state index is -4.66. The predicted octanol–water partition coefficient (Wildman–Crippen LogP) is 3.19. The fourth-order valence-corrected chi connectivity index (χ4v) is 7.58. The van der Waals surface area contributed by atoms with Crippen LogP contribution in [0.25, 0.3) is 0 Å². The molecule has 1 heterocycles. The summed E-state index contributed by atoms with van der Waals surface area (Å²) in [7, 11) is -4.66. The van der Waals surface area contributed by atoms with Gasteiger partial charge in [0.25, 0.3) is 0 Å². The van der Waals surface area contributed by atoms with Crippen LogP contribution in [0.5, 0.6) is 0 Å². The van der Waals surface area contributed by atoms with Crippen LogP contribution >= 0.6 is 7.82 Å². The summed E-state index contributed by atoms with van der Waals surface area (Å²) in [5, 5.41) is 40.1. The molecule has 0 spiro atoms. The molecule has 0 radical (unpaired) electrons. The summed E-state index contributed by atoms with van der Waals surface area (Å²) in [5.41, 5.74) is 3.16. The molecule has 0 aromatic carbocycles. The van der Waals surface area contributed by atoms with E-state index in [4.69, 9.17) is 18.7 Å². The molecule has 1 rings (SSSR count). The number of rotatable bonds is 25. The van der Waals surface area contributed by atoms with Gasteiger partial charge in [-0.1, -0.05) is 71.1 Å². The summed E-state index contributed by atoms with van der Waals surface area (Å²) in [6.45, 7) is -0.000413. The first-order chi connectivity index (χ1) is 19.7. The Hall–Kier alpha value is -0.302. The standard InChI is InChI=1S/C27H54AsO13P/c1-4-5-6-7-8-9-10-11-12-13-14-15-24(31)37-17-21(29)19-39-42(35,36)40-20-22(30)18-38-27-26(33)25(32)23(41-27)16-28(2,3)34/h21-23,25-27,29-30,32-33H,4-20H2,1-3H3,(H,35,36). The van der Waals surface area contributed by atoms with Gasteiger partial charge in [0.05, 0.1) is 0 Å². The van der Waals surface area contributed by atoms with Crippen LogP contribution in [0.1, 0.15) is 84.0 Å². The zero-order valence-electron chi connectivity index (χ0n) is 25.4. The number of ether oxygens (including phenoxy) is 3. The van der Waals surface area contributed by atoms with Crippen LogP contribution in [0, 0.1) is 0 Å². The summed E-state index contributed by atoms with van der Waals surface area (Å²) in [6.07, 6.45) is 5.34. The van der Waals surface area contributed by atoms with Gasteiger partial charge in [-0.15, -0.1) is 0 Å². The molecule has 0 aromatic heterocycles. The molecule has 1 saturated heterocycles. The second kappa shape index (κ2) is 21.4. The Morgan fingerprint density at radius 3 is 1.86 bits per heavy atom. The summed E-state index contributed by atoms with van der Waals surface area (Å²) in [4.78, 5) is 21.6. The van der Waals surface area contributed by atoms with Gasteiger partial charge in [-0.2, -0.15) is 0 Å². The van der Waals surface area contributed by atoms with Gasteiger partial charge >= 0.3 is 141 Å². The van der Waals surface area contributed by atoms with E-state index >= 15 is 0 Å². The molecule has 7 atom stereocenters. The van der Waals surface area contributed by atoms with E-state index in [0.717, 1.165) is 19.3 Å². The molecule has 0 bridgehead atoms. The first-order valence-electron chi connectivity index (χ1n) is 15.0. The second-order valence-electron chi connectivity index (χ2n) is 11.5. The Balaban J connectivity index is 2.12. The van der Waals surface area contributed by atoms with E-state index in [1.165, 1.54) is 44.9 Å². The topological polar surface area (TPSA) is 199 Å². The molecule has 15 heteroatoms. The first kappa shape index (κ1) is 39.7. The van der Waals surface area contributed by atoms with Gasteiger partial charge in [0.1, 0.15) is 12.7 Å². The van der Waals surface area contributed by atoms with Crippen molar-refractivity contribution in [1.82, 2.24) is 0 Å². The fraction of sp³-hybridized carbons (Fsp3) is 0.963. The van der Waals surface area contributed by atoms with Crippen LogP contribution in [-0.2, 0) is 36.4 Å². The van der Waals surface area contributed by atoms with Crippen LogP contribution in [0.2, 0.25) is 16.6 Å². The van der Waals surface area contributed by atoms with Gasteiger partial charge in [-0.05, 0) is 6.42 Å². The van der Waals surface area contributed by atoms with Crippen molar-refractivity contribution in [1.29, 1.82) is 0 Å². The molecule has 5 N–H and O–H groups in total. The maximum absolute atomic E-state index is 12.0. The van der Waals surface area contributed by atoms with E-state index in [1.54, 1.807) is 11.4 Å². The Labute approximate surface area is 252 Å². The zero-order chi connectivity index (χ0) is 31.6. The SMILES string of the molecule is CCCCCCCCCCCCCC(=O)OCC(O)COP(=O)(O)OCC(O)COC1OC(C[As](C)(C)=O)C(O)C1O. The average molecular weight is 693 g/mol. The molecule has 0 amide bonds. The summed E-state index contributed by atoms with van der Waals surface area (Å²) >= 11 is -3.17. The molecule has 0 aliphatic carbocycles. The number of unbranched alkanes of at least 4 members (excludes halogenated alkanes) is 10. The number of carbonyl (C=O) groups is 1. The van der Waals surface area contributed by atoms with Crippen LogP contribution in [0.15, 0.2) is 0 Å². The second-order valence-corrected chi connectivity index (χ2v) is 20.3. The van der Waals surface area contributed by atoms with Crippen molar-refractivity contribution < 1.29 is 61.7 Å². The molecule has 1 aliphatic rings. The minimum absolute atomic E-state index is 0.0947. The molecule has 42 heavy (non-hydrogen) atoms. The normalized spacial score (nSPS) is 23.9. The average Bonchev–Trinajstić information content (AvgIpc) is 3.18. The summed E-state index contributed by atoms with van der Waals surface area (Å²) in [6, 6.07) is 0. The van der Waals surface area contributed by atoms with Gasteiger partial charge in [0.15, 0.2) is 0 Å². The first-order valence-corrected chi connectivity index (χ1v) is 22.4. The van der Waals surface area contributed by atoms with Gasteiger partial charge in [-0.3, -0.25) is 4.79 Å². The van der Waals surface area contributed by atoms with E-state index < -0.39 is 90.5 Å². The fourth-order valence-electron chi connectivity index (χ4n) is 4.33. The Bertz CT molecular complexity index is 826. The summed E-state index contributed by atoms with van der Waals surface area (Å²) < 4.78 is 49.1. The van der Waals surface area contributed by atoms with E-state index in [-0.39, 0.29) is 11.6 Å². The van der Waals surface area contributed by atoms with Crippen molar-refractivity contribution in [3.05, 3.63) is 0 Å². The van der Waals surface area contributed by atoms with E-state index in [2.05, 4.69) is 11.4 Å². The number of esters is 1. The number of aliphatic hydroxyl groups is 4. The van der Waals surface area contributed by atoms with Crippen molar-refractivity contribution in [2.24, 2.45) is 0 Å². The molecule has 0 saturated carbocycles. The number of hydrogen-bond acceptors (Lipinski definition) is 12. The molecule has 7 unspecified atom stereocenters.